The van der Waals surface area contributed by atoms with E-state index in [1.54, 1.807) is 36.0 Å². The molecule has 1 atom stereocenters. The zero-order chi connectivity index (χ0) is 20.1. The van der Waals surface area contributed by atoms with Crippen molar-refractivity contribution in [3.8, 4) is 0 Å². The molecule has 2 aromatic carbocycles. The van der Waals surface area contributed by atoms with E-state index in [0.717, 1.165) is 11.1 Å². The molecule has 6 nitrogen and oxygen atoms in total. The van der Waals surface area contributed by atoms with E-state index in [1.165, 1.54) is 12.5 Å². The van der Waals surface area contributed by atoms with Gasteiger partial charge in [0, 0.05) is 12.1 Å². The molecule has 7 heteroatoms. The summed E-state index contributed by atoms with van der Waals surface area (Å²) in [5.74, 6) is 0.831. The van der Waals surface area contributed by atoms with E-state index < -0.39 is 0 Å². The highest BCUT2D eigenvalue weighted by Gasteiger charge is 2.32. The standard InChI is InChI=1S/C22H19N3O3S/c26-20-15-29-22(25(20)14-16-5-2-1-3-6-16)18-10-8-17(9-11-18)21(27)24-23-13-19-7-4-12-28-19/h1-13,22H,14-15H2,(H,24,27)/b23-13-/t22-/m0/s1. The second-order valence-corrected chi connectivity index (χ2v) is 7.58. The maximum absolute atomic E-state index is 12.4. The van der Waals surface area contributed by atoms with Crippen LogP contribution in [-0.4, -0.2) is 28.7 Å². The van der Waals surface area contributed by atoms with Crippen LogP contribution in [0.5, 0.6) is 0 Å². The molecule has 0 spiro atoms. The summed E-state index contributed by atoms with van der Waals surface area (Å²) in [7, 11) is 0. The number of nitrogens with one attached hydrogen (secondary N) is 1. The number of hydrazone groups is 1. The SMILES string of the molecule is O=C(N/N=C\c1ccco1)c1ccc([C@@H]2SCC(=O)N2Cc2ccccc2)cc1. The number of furan rings is 1. The van der Waals surface area contributed by atoms with Crippen LogP contribution >= 0.6 is 11.8 Å². The summed E-state index contributed by atoms with van der Waals surface area (Å²) >= 11 is 1.60. The van der Waals surface area contributed by atoms with Gasteiger partial charge in [0.2, 0.25) is 5.91 Å². The molecule has 1 N–H and O–H groups in total. The summed E-state index contributed by atoms with van der Waals surface area (Å²) in [4.78, 5) is 26.5. The minimum absolute atomic E-state index is 0.0585. The van der Waals surface area contributed by atoms with Crippen LogP contribution < -0.4 is 5.43 Å². The number of nitrogens with zero attached hydrogens (tertiary/aromatic N) is 2. The van der Waals surface area contributed by atoms with Gasteiger partial charge in [0.15, 0.2) is 0 Å². The van der Waals surface area contributed by atoms with Gasteiger partial charge in [-0.1, -0.05) is 42.5 Å². The molecule has 2 heterocycles. The smallest absolute Gasteiger partial charge is 0.271 e. The van der Waals surface area contributed by atoms with Gasteiger partial charge in [0.1, 0.15) is 11.1 Å². The molecule has 0 aliphatic carbocycles. The summed E-state index contributed by atoms with van der Waals surface area (Å²) in [6.45, 7) is 0.571. The molecule has 1 aromatic heterocycles. The van der Waals surface area contributed by atoms with Gasteiger partial charge in [-0.15, -0.1) is 11.8 Å². The number of hydrogen-bond donors (Lipinski definition) is 1. The zero-order valence-electron chi connectivity index (χ0n) is 15.5. The van der Waals surface area contributed by atoms with Gasteiger partial charge in [-0.05, 0) is 35.4 Å². The number of carbonyl (C=O) groups is 2. The Morgan fingerprint density at radius 1 is 1.14 bits per heavy atom. The Hall–Kier alpha value is -3.32. The van der Waals surface area contributed by atoms with Crippen LogP contribution in [0, 0.1) is 0 Å². The molecule has 146 valence electrons. The van der Waals surface area contributed by atoms with Crippen LogP contribution in [0.25, 0.3) is 0 Å². The van der Waals surface area contributed by atoms with Crippen molar-refractivity contribution in [2.45, 2.75) is 11.9 Å². The summed E-state index contributed by atoms with van der Waals surface area (Å²) in [6, 6.07) is 20.7. The van der Waals surface area contributed by atoms with E-state index in [9.17, 15) is 9.59 Å². The van der Waals surface area contributed by atoms with Crippen LogP contribution in [0.3, 0.4) is 0 Å². The predicted octanol–water partition coefficient (Wildman–Crippen LogP) is 3.82. The summed E-state index contributed by atoms with van der Waals surface area (Å²) < 4.78 is 5.12. The molecule has 0 unspecified atom stereocenters. The fourth-order valence-electron chi connectivity index (χ4n) is 3.06. The van der Waals surface area contributed by atoms with E-state index in [1.807, 2.05) is 47.4 Å². The van der Waals surface area contributed by atoms with Crippen molar-refractivity contribution in [1.82, 2.24) is 10.3 Å². The Morgan fingerprint density at radius 3 is 2.66 bits per heavy atom. The summed E-state index contributed by atoms with van der Waals surface area (Å²) in [6.07, 6.45) is 2.98. The number of thioether (sulfide) groups is 1. The number of hydrogen-bond acceptors (Lipinski definition) is 5. The van der Waals surface area contributed by atoms with Gasteiger partial charge in [0.05, 0.1) is 18.2 Å². The Kier molecular flexibility index (Phi) is 5.76. The topological polar surface area (TPSA) is 74.9 Å². The molecule has 1 fully saturated rings. The molecule has 0 radical (unpaired) electrons. The van der Waals surface area contributed by atoms with Crippen molar-refractivity contribution in [2.24, 2.45) is 5.10 Å². The third kappa shape index (κ3) is 4.57. The number of benzene rings is 2. The first-order valence-electron chi connectivity index (χ1n) is 9.12. The Morgan fingerprint density at radius 2 is 1.93 bits per heavy atom. The van der Waals surface area contributed by atoms with Gasteiger partial charge in [-0.3, -0.25) is 9.59 Å². The molecule has 1 saturated heterocycles. The molecular formula is C22H19N3O3S. The lowest BCUT2D eigenvalue weighted by molar-refractivity contribution is -0.128. The van der Waals surface area contributed by atoms with Crippen LogP contribution in [0.4, 0.5) is 0 Å². The first kappa shape index (κ1) is 19.0. The summed E-state index contributed by atoms with van der Waals surface area (Å²) in [5.41, 5.74) is 5.06. The zero-order valence-corrected chi connectivity index (χ0v) is 16.3. The van der Waals surface area contributed by atoms with Gasteiger partial charge in [0.25, 0.3) is 5.91 Å². The number of amides is 2. The minimum atomic E-state index is -0.310. The average Bonchev–Trinajstić information content (AvgIpc) is 3.39. The van der Waals surface area contributed by atoms with Gasteiger partial charge < -0.3 is 9.32 Å². The minimum Gasteiger partial charge on any atom is -0.463 e. The van der Waals surface area contributed by atoms with Crippen molar-refractivity contribution in [3.05, 3.63) is 95.4 Å². The molecule has 1 aliphatic heterocycles. The lowest BCUT2D eigenvalue weighted by Gasteiger charge is -2.24. The van der Waals surface area contributed by atoms with E-state index in [-0.39, 0.29) is 17.2 Å². The van der Waals surface area contributed by atoms with E-state index >= 15 is 0 Å². The highest BCUT2D eigenvalue weighted by Crippen LogP contribution is 2.39. The van der Waals surface area contributed by atoms with Crippen molar-refractivity contribution < 1.29 is 14.0 Å². The lowest BCUT2D eigenvalue weighted by atomic mass is 10.1. The summed E-state index contributed by atoms with van der Waals surface area (Å²) in [5, 5.41) is 3.83. The molecule has 4 rings (SSSR count). The Balaban J connectivity index is 1.42. The third-order valence-corrected chi connectivity index (χ3v) is 5.78. The highest BCUT2D eigenvalue weighted by molar-refractivity contribution is 8.00. The van der Waals surface area contributed by atoms with Crippen molar-refractivity contribution in [1.29, 1.82) is 0 Å². The first-order chi connectivity index (χ1) is 14.2. The quantitative estimate of drug-likeness (QED) is 0.500. The van der Waals surface area contributed by atoms with Crippen molar-refractivity contribution in [2.75, 3.05) is 5.75 Å². The lowest BCUT2D eigenvalue weighted by Crippen LogP contribution is -2.27. The monoisotopic (exact) mass is 405 g/mol. The molecule has 1 aliphatic rings. The Labute approximate surface area is 172 Å². The van der Waals surface area contributed by atoms with Crippen LogP contribution in [0.2, 0.25) is 0 Å². The largest absolute Gasteiger partial charge is 0.463 e. The highest BCUT2D eigenvalue weighted by atomic mass is 32.2. The number of carbonyl (C=O) groups excluding carboxylic acids is 2. The normalized spacial score (nSPS) is 16.5. The average molecular weight is 405 g/mol. The van der Waals surface area contributed by atoms with E-state index in [4.69, 9.17) is 4.42 Å². The molecule has 2 amide bonds. The van der Waals surface area contributed by atoms with E-state index in [0.29, 0.717) is 23.6 Å². The third-order valence-electron chi connectivity index (χ3n) is 4.52. The first-order valence-corrected chi connectivity index (χ1v) is 10.2. The van der Waals surface area contributed by atoms with Gasteiger partial charge >= 0.3 is 0 Å². The van der Waals surface area contributed by atoms with Crippen LogP contribution in [0.15, 0.2) is 82.5 Å². The predicted molar refractivity (Wildman–Crippen MR) is 112 cm³/mol. The number of rotatable bonds is 6. The molecule has 0 saturated carbocycles. The molecule has 29 heavy (non-hydrogen) atoms. The maximum Gasteiger partial charge on any atom is 0.271 e. The fourth-order valence-corrected chi connectivity index (χ4v) is 4.25. The fraction of sp³-hybridized carbons (Fsp3) is 0.136. The van der Waals surface area contributed by atoms with Gasteiger partial charge in [-0.2, -0.15) is 5.10 Å². The van der Waals surface area contributed by atoms with Crippen LogP contribution in [0.1, 0.15) is 32.6 Å². The van der Waals surface area contributed by atoms with Gasteiger partial charge in [-0.25, -0.2) is 5.43 Å². The van der Waals surface area contributed by atoms with Crippen molar-refractivity contribution in [3.63, 3.8) is 0 Å². The molecular weight excluding hydrogens is 386 g/mol. The van der Waals surface area contributed by atoms with Crippen molar-refractivity contribution >= 4 is 29.8 Å². The molecule has 3 aromatic rings. The molecule has 0 bridgehead atoms. The maximum atomic E-state index is 12.4. The van der Waals surface area contributed by atoms with Crippen LogP contribution in [-0.2, 0) is 11.3 Å². The Bertz CT molecular complexity index is 1000. The second kappa shape index (κ2) is 8.79. The van der Waals surface area contributed by atoms with E-state index in [2.05, 4.69) is 10.5 Å². The second-order valence-electron chi connectivity index (χ2n) is 6.51.